The van der Waals surface area contributed by atoms with Gasteiger partial charge in [0.1, 0.15) is 26.3 Å². The van der Waals surface area contributed by atoms with E-state index < -0.39 is 6.09 Å². The summed E-state index contributed by atoms with van der Waals surface area (Å²) < 4.78 is 12.5. The minimum atomic E-state index is -0.650. The van der Waals surface area contributed by atoms with Crippen molar-refractivity contribution in [3.63, 3.8) is 0 Å². The average molecular weight is 581 g/mol. The predicted molar refractivity (Wildman–Crippen MR) is 162 cm³/mol. The lowest BCUT2D eigenvalue weighted by Gasteiger charge is -2.17. The van der Waals surface area contributed by atoms with Crippen molar-refractivity contribution in [2.45, 2.75) is 117 Å². The van der Waals surface area contributed by atoms with Gasteiger partial charge in [-0.2, -0.15) is 11.8 Å². The summed E-state index contributed by atoms with van der Waals surface area (Å²) in [6.07, 6.45) is 17.8. The lowest BCUT2D eigenvalue weighted by Crippen LogP contribution is -2.43. The third kappa shape index (κ3) is 18.1. The van der Waals surface area contributed by atoms with Gasteiger partial charge in [0, 0.05) is 37.1 Å². The van der Waals surface area contributed by atoms with Crippen LogP contribution in [0.25, 0.3) is 0 Å². The van der Waals surface area contributed by atoms with Gasteiger partial charge >= 0.3 is 12.2 Å². The molecule has 0 radical (unpaired) electrons. The van der Waals surface area contributed by atoms with Crippen LogP contribution in [0.1, 0.15) is 110 Å². The minimum Gasteiger partial charge on any atom is -0.449 e. The number of pyridine rings is 1. The highest BCUT2D eigenvalue weighted by molar-refractivity contribution is 7.99. The average Bonchev–Trinajstić information content (AvgIpc) is 2.95. The Labute approximate surface area is 246 Å². The number of alkyl carbamates (subject to hydrolysis) is 1. The number of carbonyl (C=O) groups excluding carboxylic acids is 3. The molecule has 1 heterocycles. The third-order valence-electron chi connectivity index (χ3n) is 6.76. The Morgan fingerprint density at radius 2 is 1.40 bits per heavy atom. The van der Waals surface area contributed by atoms with Crippen molar-refractivity contribution in [2.24, 2.45) is 0 Å². The molecule has 0 aliphatic rings. The summed E-state index contributed by atoms with van der Waals surface area (Å²) in [6, 6.07) is 5.68. The van der Waals surface area contributed by atoms with E-state index in [0.717, 1.165) is 30.0 Å². The van der Waals surface area contributed by atoms with Crippen molar-refractivity contribution in [3.05, 3.63) is 30.1 Å². The van der Waals surface area contributed by atoms with E-state index in [2.05, 4.69) is 12.2 Å². The minimum absolute atomic E-state index is 0.165. The first-order chi connectivity index (χ1) is 19.5. The molecule has 0 saturated heterocycles. The standard InChI is InChI=1S/C31H53N3O5S/c1-4-6-7-8-9-10-11-12-13-14-15-16-18-21-32-30(36)38-23-25-40-26-24-39-31(37)34(28(3)35)27-29-20-17-19-22-33(29)5-2/h17,19-20,22H,4-16,18,21,23-27H2,1-3H3/p+1. The fourth-order valence-corrected chi connectivity index (χ4v) is 4.98. The lowest BCUT2D eigenvalue weighted by atomic mass is 10.0. The Hall–Kier alpha value is -2.29. The van der Waals surface area contributed by atoms with Gasteiger partial charge in [-0.05, 0) is 13.3 Å². The summed E-state index contributed by atoms with van der Waals surface area (Å²) in [5.41, 5.74) is 0.857. The zero-order valence-electron chi connectivity index (χ0n) is 25.3. The molecule has 0 spiro atoms. The van der Waals surface area contributed by atoms with Crippen molar-refractivity contribution in [1.82, 2.24) is 10.2 Å². The number of carbonyl (C=O) groups is 3. The first-order valence-electron chi connectivity index (χ1n) is 15.4. The highest BCUT2D eigenvalue weighted by Gasteiger charge is 2.23. The highest BCUT2D eigenvalue weighted by atomic mass is 32.2. The quantitative estimate of drug-likeness (QED) is 0.110. The second kappa shape index (κ2) is 24.5. The number of ether oxygens (including phenoxy) is 2. The molecule has 0 aliphatic heterocycles. The van der Waals surface area contributed by atoms with E-state index in [0.29, 0.717) is 24.7 Å². The van der Waals surface area contributed by atoms with Crippen LogP contribution in [0.4, 0.5) is 9.59 Å². The molecule has 40 heavy (non-hydrogen) atoms. The molecule has 0 bridgehead atoms. The van der Waals surface area contributed by atoms with Crippen LogP contribution >= 0.6 is 11.8 Å². The number of nitrogens with one attached hydrogen (secondary N) is 1. The second-order valence-electron chi connectivity index (χ2n) is 10.1. The molecule has 0 unspecified atom stereocenters. The first-order valence-corrected chi connectivity index (χ1v) is 16.6. The number of unbranched alkanes of at least 4 members (excludes halogenated alkanes) is 12. The topological polar surface area (TPSA) is 88.8 Å². The fraction of sp³-hybridized carbons (Fsp3) is 0.742. The molecule has 0 fully saturated rings. The SMILES string of the molecule is CCCCCCCCCCCCCCCNC(=O)OCCSCCOC(=O)N(Cc1cccc[n+]1CC)C(C)=O. The molecular formula is C31H54N3O5S+. The van der Waals surface area contributed by atoms with Gasteiger partial charge in [0.2, 0.25) is 11.6 Å². The van der Waals surface area contributed by atoms with Gasteiger partial charge in [0.25, 0.3) is 0 Å². The van der Waals surface area contributed by atoms with Crippen LogP contribution in [-0.2, 0) is 27.4 Å². The summed E-state index contributed by atoms with van der Waals surface area (Å²) in [7, 11) is 0. The Morgan fingerprint density at radius 1 is 0.825 bits per heavy atom. The molecular weight excluding hydrogens is 526 g/mol. The first kappa shape index (κ1) is 35.7. The molecule has 228 valence electrons. The van der Waals surface area contributed by atoms with Crippen molar-refractivity contribution < 1.29 is 28.4 Å². The molecule has 1 aromatic rings. The van der Waals surface area contributed by atoms with Gasteiger partial charge in [-0.25, -0.2) is 19.1 Å². The van der Waals surface area contributed by atoms with Gasteiger partial charge in [-0.1, -0.05) is 90.0 Å². The maximum atomic E-state index is 12.4. The Kier molecular flexibility index (Phi) is 21.9. The highest BCUT2D eigenvalue weighted by Crippen LogP contribution is 2.12. The molecule has 1 rings (SSSR count). The summed E-state index contributed by atoms with van der Waals surface area (Å²) in [5, 5.41) is 2.81. The molecule has 9 heteroatoms. The summed E-state index contributed by atoms with van der Waals surface area (Å²) >= 11 is 1.53. The third-order valence-corrected chi connectivity index (χ3v) is 7.67. The van der Waals surface area contributed by atoms with Gasteiger partial charge in [-0.15, -0.1) is 0 Å². The maximum Gasteiger partial charge on any atom is 0.417 e. The van der Waals surface area contributed by atoms with Crippen LogP contribution < -0.4 is 9.88 Å². The Morgan fingerprint density at radius 3 is 1.98 bits per heavy atom. The number of nitrogens with zero attached hydrogens (tertiary/aromatic N) is 2. The van der Waals surface area contributed by atoms with E-state index in [1.807, 2.05) is 35.9 Å². The van der Waals surface area contributed by atoms with Gasteiger partial charge in [0.15, 0.2) is 6.20 Å². The number of hydrogen-bond acceptors (Lipinski definition) is 6. The maximum absolute atomic E-state index is 12.4. The van der Waals surface area contributed by atoms with Crippen LogP contribution in [0.5, 0.6) is 0 Å². The molecule has 0 aliphatic carbocycles. The summed E-state index contributed by atoms with van der Waals surface area (Å²) in [4.78, 5) is 37.4. The van der Waals surface area contributed by atoms with Crippen molar-refractivity contribution in [2.75, 3.05) is 31.3 Å². The number of thioether (sulfide) groups is 1. The van der Waals surface area contributed by atoms with Gasteiger partial charge in [-0.3, -0.25) is 4.79 Å². The van der Waals surface area contributed by atoms with E-state index in [1.165, 1.54) is 89.3 Å². The zero-order chi connectivity index (χ0) is 29.3. The van der Waals surface area contributed by atoms with Crippen LogP contribution in [0, 0.1) is 0 Å². The second-order valence-corrected chi connectivity index (χ2v) is 11.3. The smallest absolute Gasteiger partial charge is 0.417 e. The van der Waals surface area contributed by atoms with E-state index in [-0.39, 0.29) is 25.2 Å². The fourth-order valence-electron chi connectivity index (χ4n) is 4.38. The van der Waals surface area contributed by atoms with Gasteiger partial charge < -0.3 is 14.8 Å². The van der Waals surface area contributed by atoms with E-state index in [4.69, 9.17) is 9.47 Å². The van der Waals surface area contributed by atoms with Crippen molar-refractivity contribution in [3.8, 4) is 0 Å². The number of amides is 3. The van der Waals surface area contributed by atoms with Crippen molar-refractivity contribution in [1.29, 1.82) is 0 Å². The van der Waals surface area contributed by atoms with Crippen LogP contribution in [0.3, 0.4) is 0 Å². The normalized spacial score (nSPS) is 10.8. The number of imide groups is 1. The number of aromatic nitrogens is 1. The zero-order valence-corrected chi connectivity index (χ0v) is 26.1. The van der Waals surface area contributed by atoms with E-state index in [9.17, 15) is 14.4 Å². The molecule has 0 saturated carbocycles. The molecule has 8 nitrogen and oxygen atoms in total. The van der Waals surface area contributed by atoms with Crippen LogP contribution in [-0.4, -0.2) is 54.3 Å². The number of aryl methyl sites for hydroxylation is 1. The lowest BCUT2D eigenvalue weighted by molar-refractivity contribution is -0.701. The molecule has 1 N–H and O–H groups in total. The largest absolute Gasteiger partial charge is 0.449 e. The van der Waals surface area contributed by atoms with Crippen LogP contribution in [0.15, 0.2) is 24.4 Å². The molecule has 1 aromatic heterocycles. The predicted octanol–water partition coefficient (Wildman–Crippen LogP) is 7.03. The summed E-state index contributed by atoms with van der Waals surface area (Å²) in [5.74, 6) is 0.810. The number of rotatable bonds is 23. The number of hydrogen-bond donors (Lipinski definition) is 1. The Balaban J connectivity index is 1.97. The van der Waals surface area contributed by atoms with Gasteiger partial charge in [0.05, 0.1) is 0 Å². The molecule has 0 atom stereocenters. The van der Waals surface area contributed by atoms with E-state index in [1.54, 1.807) is 0 Å². The molecule has 3 amide bonds. The van der Waals surface area contributed by atoms with Crippen molar-refractivity contribution >= 4 is 29.9 Å². The van der Waals surface area contributed by atoms with E-state index >= 15 is 0 Å². The monoisotopic (exact) mass is 580 g/mol. The summed E-state index contributed by atoms with van der Waals surface area (Å²) in [6.45, 7) is 7.66. The van der Waals surface area contributed by atoms with Crippen LogP contribution in [0.2, 0.25) is 0 Å². The Bertz CT molecular complexity index is 824. The molecule has 0 aromatic carbocycles.